The summed E-state index contributed by atoms with van der Waals surface area (Å²) in [6.45, 7) is 0. The summed E-state index contributed by atoms with van der Waals surface area (Å²) in [6, 6.07) is 0. The van der Waals surface area contributed by atoms with Crippen molar-refractivity contribution in [2.24, 2.45) is 11.7 Å². The van der Waals surface area contributed by atoms with E-state index < -0.39 is 5.92 Å². The highest BCUT2D eigenvalue weighted by Crippen LogP contribution is 2.42. The maximum atomic E-state index is 13.0. The molecule has 0 aliphatic heterocycles. The van der Waals surface area contributed by atoms with Crippen LogP contribution in [0.15, 0.2) is 0 Å². The second-order valence-electron chi connectivity index (χ2n) is 5.57. The third-order valence-electron chi connectivity index (χ3n) is 4.15. The summed E-state index contributed by atoms with van der Waals surface area (Å²) >= 11 is 0. The van der Waals surface area contributed by atoms with E-state index in [1.165, 1.54) is 25.7 Å². The summed E-state index contributed by atoms with van der Waals surface area (Å²) in [6.07, 6.45) is 7.11. The van der Waals surface area contributed by atoms with Crippen molar-refractivity contribution in [3.8, 4) is 0 Å². The number of rotatable bonds is 2. The number of hydrogen-bond donors (Lipinski definition) is 1. The highest BCUT2D eigenvalue weighted by atomic mass is 19.3. The van der Waals surface area contributed by atoms with E-state index in [1.54, 1.807) is 0 Å². The zero-order chi connectivity index (χ0) is 10.9. The van der Waals surface area contributed by atoms with Crippen LogP contribution in [0, 0.1) is 5.92 Å². The largest absolute Gasteiger partial charge is 0.325 e. The van der Waals surface area contributed by atoms with Crippen LogP contribution in [0.5, 0.6) is 0 Å². The van der Waals surface area contributed by atoms with Crippen LogP contribution >= 0.6 is 0 Å². The number of halogens is 2. The summed E-state index contributed by atoms with van der Waals surface area (Å²) in [4.78, 5) is 0. The van der Waals surface area contributed by atoms with Crippen LogP contribution in [0.3, 0.4) is 0 Å². The van der Waals surface area contributed by atoms with Crippen LogP contribution < -0.4 is 5.73 Å². The smallest absolute Gasteiger partial charge is 0.248 e. The molecule has 0 aromatic rings. The maximum absolute atomic E-state index is 13.0. The average molecular weight is 217 g/mol. The molecule has 0 heterocycles. The summed E-state index contributed by atoms with van der Waals surface area (Å²) in [7, 11) is 0. The van der Waals surface area contributed by atoms with Crippen molar-refractivity contribution in [3.63, 3.8) is 0 Å². The highest BCUT2D eigenvalue weighted by Gasteiger charge is 2.42. The molecule has 0 atom stereocenters. The second kappa shape index (κ2) is 4.00. The van der Waals surface area contributed by atoms with Crippen molar-refractivity contribution >= 4 is 0 Å². The molecule has 2 aliphatic carbocycles. The van der Waals surface area contributed by atoms with Gasteiger partial charge in [0, 0.05) is 18.4 Å². The van der Waals surface area contributed by atoms with E-state index in [0.29, 0.717) is 18.8 Å². The minimum Gasteiger partial charge on any atom is -0.325 e. The van der Waals surface area contributed by atoms with Gasteiger partial charge in [-0.2, -0.15) is 0 Å². The van der Waals surface area contributed by atoms with Gasteiger partial charge in [-0.1, -0.05) is 25.7 Å². The van der Waals surface area contributed by atoms with Gasteiger partial charge in [-0.15, -0.1) is 0 Å². The van der Waals surface area contributed by atoms with Gasteiger partial charge in [0.2, 0.25) is 5.92 Å². The molecule has 0 spiro atoms. The van der Waals surface area contributed by atoms with Crippen LogP contribution in [-0.2, 0) is 0 Å². The van der Waals surface area contributed by atoms with Crippen molar-refractivity contribution in [1.82, 2.24) is 0 Å². The van der Waals surface area contributed by atoms with Gasteiger partial charge in [0.15, 0.2) is 0 Å². The van der Waals surface area contributed by atoms with Gasteiger partial charge in [-0.25, -0.2) is 8.78 Å². The Hall–Kier alpha value is -0.180. The number of hydrogen-bond acceptors (Lipinski definition) is 1. The fraction of sp³-hybridized carbons (Fsp3) is 1.00. The Balaban J connectivity index is 1.85. The van der Waals surface area contributed by atoms with E-state index in [4.69, 9.17) is 5.73 Å². The van der Waals surface area contributed by atoms with Crippen LogP contribution in [-0.4, -0.2) is 11.5 Å². The van der Waals surface area contributed by atoms with Gasteiger partial charge < -0.3 is 5.73 Å². The molecule has 0 aromatic heterocycles. The summed E-state index contributed by atoms with van der Waals surface area (Å²) in [5.74, 6) is -1.74. The Morgan fingerprint density at radius 2 is 1.53 bits per heavy atom. The van der Waals surface area contributed by atoms with Crippen molar-refractivity contribution in [3.05, 3.63) is 0 Å². The first-order valence-corrected chi connectivity index (χ1v) is 6.16. The van der Waals surface area contributed by atoms with Crippen LogP contribution in [0.2, 0.25) is 0 Å². The Morgan fingerprint density at radius 1 is 1.00 bits per heavy atom. The topological polar surface area (TPSA) is 26.0 Å². The Labute approximate surface area is 90.4 Å². The van der Waals surface area contributed by atoms with E-state index in [1.807, 2.05) is 0 Å². The van der Waals surface area contributed by atoms with Crippen molar-refractivity contribution < 1.29 is 8.78 Å². The van der Waals surface area contributed by atoms with E-state index in [0.717, 1.165) is 6.42 Å². The third-order valence-corrected chi connectivity index (χ3v) is 4.15. The monoisotopic (exact) mass is 217 g/mol. The first kappa shape index (κ1) is 11.3. The zero-order valence-corrected chi connectivity index (χ0v) is 9.27. The molecule has 2 aliphatic rings. The normalized spacial score (nSPS) is 30.6. The molecule has 2 fully saturated rings. The minimum absolute atomic E-state index is 0.00375. The Kier molecular flexibility index (Phi) is 3.02. The molecule has 2 rings (SSSR count). The van der Waals surface area contributed by atoms with E-state index >= 15 is 0 Å². The summed E-state index contributed by atoms with van der Waals surface area (Å²) in [5.41, 5.74) is 5.95. The molecule has 15 heavy (non-hydrogen) atoms. The lowest BCUT2D eigenvalue weighted by Crippen LogP contribution is -2.47. The lowest BCUT2D eigenvalue weighted by molar-refractivity contribution is -0.0533. The Morgan fingerprint density at radius 3 is 2.07 bits per heavy atom. The number of alkyl halides is 2. The molecular weight excluding hydrogens is 196 g/mol. The number of nitrogens with two attached hydrogens (primary N) is 1. The van der Waals surface area contributed by atoms with Gasteiger partial charge in [0.1, 0.15) is 0 Å². The van der Waals surface area contributed by atoms with Crippen molar-refractivity contribution in [2.75, 3.05) is 0 Å². The van der Waals surface area contributed by atoms with Crippen molar-refractivity contribution in [1.29, 1.82) is 0 Å². The van der Waals surface area contributed by atoms with Gasteiger partial charge in [-0.3, -0.25) is 0 Å². The molecule has 1 nitrogen and oxygen atoms in total. The molecule has 0 saturated heterocycles. The first-order valence-electron chi connectivity index (χ1n) is 6.16. The molecule has 3 heteroatoms. The molecular formula is C12H21F2N. The zero-order valence-electron chi connectivity index (χ0n) is 9.27. The van der Waals surface area contributed by atoms with E-state index in [2.05, 4.69) is 0 Å². The molecule has 88 valence electrons. The fourth-order valence-electron chi connectivity index (χ4n) is 3.11. The minimum atomic E-state index is -2.45. The lowest BCUT2D eigenvalue weighted by Gasteiger charge is -2.38. The van der Waals surface area contributed by atoms with E-state index in [-0.39, 0.29) is 18.4 Å². The van der Waals surface area contributed by atoms with E-state index in [9.17, 15) is 8.78 Å². The summed E-state index contributed by atoms with van der Waals surface area (Å²) in [5, 5.41) is 0. The fourth-order valence-corrected chi connectivity index (χ4v) is 3.11. The molecule has 2 saturated carbocycles. The molecule has 2 N–H and O–H groups in total. The standard InChI is InChI=1S/C12H21F2N/c13-12(14)7-5-11(15,6-8-12)9-10-3-1-2-4-10/h10H,1-9,15H2. The van der Waals surface area contributed by atoms with Crippen LogP contribution in [0.4, 0.5) is 8.78 Å². The molecule has 0 unspecified atom stereocenters. The molecule has 0 amide bonds. The summed E-state index contributed by atoms with van der Waals surface area (Å²) < 4.78 is 26.0. The van der Waals surface area contributed by atoms with Crippen LogP contribution in [0.1, 0.15) is 57.8 Å². The maximum Gasteiger partial charge on any atom is 0.248 e. The average Bonchev–Trinajstić information content (AvgIpc) is 2.64. The Bertz CT molecular complexity index is 212. The quantitative estimate of drug-likeness (QED) is 0.753. The van der Waals surface area contributed by atoms with Gasteiger partial charge >= 0.3 is 0 Å². The SMILES string of the molecule is NC1(CC2CCCC2)CCC(F)(F)CC1. The predicted molar refractivity (Wildman–Crippen MR) is 56.9 cm³/mol. The van der Waals surface area contributed by atoms with Gasteiger partial charge in [0.05, 0.1) is 0 Å². The second-order valence-corrected chi connectivity index (χ2v) is 5.57. The third kappa shape index (κ3) is 2.90. The lowest BCUT2D eigenvalue weighted by atomic mass is 9.75. The molecule has 0 bridgehead atoms. The van der Waals surface area contributed by atoms with Crippen LogP contribution in [0.25, 0.3) is 0 Å². The molecule has 0 aromatic carbocycles. The highest BCUT2D eigenvalue weighted by molar-refractivity contribution is 4.94. The predicted octanol–water partition coefficient (Wildman–Crippen LogP) is 3.47. The first-order chi connectivity index (χ1) is 6.99. The van der Waals surface area contributed by atoms with Crippen molar-refractivity contribution in [2.45, 2.75) is 69.2 Å². The van der Waals surface area contributed by atoms with Gasteiger partial charge in [-0.05, 0) is 25.2 Å². The van der Waals surface area contributed by atoms with Gasteiger partial charge in [0.25, 0.3) is 0 Å². The molecule has 0 radical (unpaired) electrons.